The van der Waals surface area contributed by atoms with Crippen LogP contribution in [0.2, 0.25) is 0 Å². The minimum absolute atomic E-state index is 0.0278. The van der Waals surface area contributed by atoms with Crippen molar-refractivity contribution in [1.82, 2.24) is 14.9 Å². The number of hydrogen-bond acceptors (Lipinski definition) is 4. The molecule has 2 aromatic rings. The van der Waals surface area contributed by atoms with Crippen LogP contribution >= 0.6 is 11.8 Å². The van der Waals surface area contributed by atoms with Gasteiger partial charge in [-0.1, -0.05) is 36.7 Å². The van der Waals surface area contributed by atoms with Gasteiger partial charge in [0.2, 0.25) is 5.91 Å². The summed E-state index contributed by atoms with van der Waals surface area (Å²) in [7, 11) is 0. The van der Waals surface area contributed by atoms with E-state index in [0.29, 0.717) is 5.75 Å². The van der Waals surface area contributed by atoms with Crippen molar-refractivity contribution < 1.29 is 9.90 Å². The smallest absolute Gasteiger partial charge is 0.230 e. The molecular weight excluding hydrogens is 322 g/mol. The van der Waals surface area contributed by atoms with Crippen LogP contribution in [0.3, 0.4) is 0 Å². The maximum absolute atomic E-state index is 12.3. The third kappa shape index (κ3) is 3.75. The van der Waals surface area contributed by atoms with Gasteiger partial charge in [-0.2, -0.15) is 0 Å². The Morgan fingerprint density at radius 2 is 2.17 bits per heavy atom. The normalized spacial score (nSPS) is 21.1. The monoisotopic (exact) mass is 347 g/mol. The highest BCUT2D eigenvalue weighted by Gasteiger charge is 2.25. The highest BCUT2D eigenvalue weighted by Crippen LogP contribution is 2.26. The van der Waals surface area contributed by atoms with Crippen LogP contribution in [0.15, 0.2) is 29.4 Å². The third-order valence-electron chi connectivity index (χ3n) is 4.76. The molecule has 0 bridgehead atoms. The number of aliphatic hydroxyl groups is 1. The second-order valence-electron chi connectivity index (χ2n) is 6.32. The number of amides is 1. The number of carbonyl (C=O) groups excluding carboxylic acids is 1. The van der Waals surface area contributed by atoms with Gasteiger partial charge in [0.05, 0.1) is 16.8 Å². The van der Waals surface area contributed by atoms with Crippen molar-refractivity contribution >= 4 is 28.7 Å². The van der Waals surface area contributed by atoms with E-state index >= 15 is 0 Å². The molecule has 2 unspecified atom stereocenters. The number of fused-ring (bicyclic) bond motifs is 1. The number of nitrogens with one attached hydrogen (secondary N) is 1. The molecule has 1 aliphatic rings. The molecule has 2 atom stereocenters. The zero-order valence-corrected chi connectivity index (χ0v) is 14.9. The summed E-state index contributed by atoms with van der Waals surface area (Å²) in [5.41, 5.74) is 2.07. The number of rotatable bonds is 6. The standard InChI is InChI=1S/C18H25N3O2S/c1-2-21-16-10-6-5-9-15(16)20-18(21)24-12-17(23)19-14-8-4-3-7-13(14)11-22/h5-6,9-10,13-14,22H,2-4,7-8,11-12H2,1H3,(H,19,23). The average Bonchev–Trinajstić information content (AvgIpc) is 2.98. The molecular formula is C18H25N3O2S. The number of aliphatic hydroxyl groups excluding tert-OH is 1. The van der Waals surface area contributed by atoms with Crippen LogP contribution in [0.5, 0.6) is 0 Å². The maximum atomic E-state index is 12.3. The van der Waals surface area contributed by atoms with Crippen molar-refractivity contribution in [2.75, 3.05) is 12.4 Å². The lowest BCUT2D eigenvalue weighted by Gasteiger charge is -2.30. The number of benzene rings is 1. The Morgan fingerprint density at radius 1 is 1.38 bits per heavy atom. The van der Waals surface area contributed by atoms with Crippen LogP contribution in [-0.4, -0.2) is 39.0 Å². The van der Waals surface area contributed by atoms with Crippen LogP contribution in [0.4, 0.5) is 0 Å². The first-order valence-electron chi connectivity index (χ1n) is 8.71. The fraction of sp³-hybridized carbons (Fsp3) is 0.556. The molecule has 0 radical (unpaired) electrons. The topological polar surface area (TPSA) is 67.2 Å². The molecule has 1 aromatic heterocycles. The second-order valence-corrected chi connectivity index (χ2v) is 7.26. The summed E-state index contributed by atoms with van der Waals surface area (Å²) >= 11 is 1.48. The molecule has 1 aliphatic carbocycles. The lowest BCUT2D eigenvalue weighted by Crippen LogP contribution is -2.44. The summed E-state index contributed by atoms with van der Waals surface area (Å²) in [5, 5.41) is 13.5. The van der Waals surface area contributed by atoms with Crippen molar-refractivity contribution in [3.8, 4) is 0 Å². The number of para-hydroxylation sites is 2. The molecule has 1 amide bonds. The van der Waals surface area contributed by atoms with Gasteiger partial charge in [0.1, 0.15) is 0 Å². The van der Waals surface area contributed by atoms with Gasteiger partial charge in [-0.25, -0.2) is 4.98 Å². The van der Waals surface area contributed by atoms with E-state index in [1.807, 2.05) is 18.2 Å². The number of thioether (sulfide) groups is 1. The van der Waals surface area contributed by atoms with Crippen LogP contribution in [0, 0.1) is 5.92 Å². The summed E-state index contributed by atoms with van der Waals surface area (Å²) in [6, 6.07) is 8.16. The van der Waals surface area contributed by atoms with E-state index in [4.69, 9.17) is 0 Å². The molecule has 2 N–H and O–H groups in total. The van der Waals surface area contributed by atoms with Gasteiger partial charge in [-0.05, 0) is 31.9 Å². The van der Waals surface area contributed by atoms with Gasteiger partial charge in [-0.15, -0.1) is 0 Å². The van der Waals surface area contributed by atoms with Gasteiger partial charge in [0, 0.05) is 25.1 Å². The third-order valence-corrected chi connectivity index (χ3v) is 5.73. The number of hydrogen-bond donors (Lipinski definition) is 2. The Labute approximate surface area is 146 Å². The molecule has 1 saturated carbocycles. The Morgan fingerprint density at radius 3 is 2.96 bits per heavy atom. The molecule has 5 nitrogen and oxygen atoms in total. The molecule has 1 fully saturated rings. The zero-order chi connectivity index (χ0) is 16.9. The van der Waals surface area contributed by atoms with Gasteiger partial charge < -0.3 is 15.0 Å². The number of nitrogens with zero attached hydrogens (tertiary/aromatic N) is 2. The van der Waals surface area contributed by atoms with E-state index in [1.165, 1.54) is 11.8 Å². The van der Waals surface area contributed by atoms with E-state index in [2.05, 4.69) is 27.9 Å². The molecule has 0 saturated heterocycles. The number of aromatic nitrogens is 2. The fourth-order valence-electron chi connectivity index (χ4n) is 3.46. The molecule has 6 heteroatoms. The highest BCUT2D eigenvalue weighted by atomic mass is 32.2. The van der Waals surface area contributed by atoms with Crippen molar-refractivity contribution in [2.45, 2.75) is 50.4 Å². The Hall–Kier alpha value is -1.53. The summed E-state index contributed by atoms with van der Waals surface area (Å²) in [6.07, 6.45) is 4.24. The molecule has 130 valence electrons. The second kappa shape index (κ2) is 8.03. The van der Waals surface area contributed by atoms with E-state index < -0.39 is 0 Å². The van der Waals surface area contributed by atoms with Crippen molar-refractivity contribution in [2.24, 2.45) is 5.92 Å². The quantitative estimate of drug-likeness (QED) is 0.789. The van der Waals surface area contributed by atoms with Gasteiger partial charge in [-0.3, -0.25) is 4.79 Å². The van der Waals surface area contributed by atoms with Crippen LogP contribution < -0.4 is 5.32 Å². The zero-order valence-electron chi connectivity index (χ0n) is 14.1. The van der Waals surface area contributed by atoms with Crippen LogP contribution in [0.1, 0.15) is 32.6 Å². The Bertz CT molecular complexity index is 701. The van der Waals surface area contributed by atoms with E-state index in [0.717, 1.165) is 48.4 Å². The van der Waals surface area contributed by atoms with Crippen LogP contribution in [-0.2, 0) is 11.3 Å². The molecule has 1 heterocycles. The molecule has 1 aromatic carbocycles. The van der Waals surface area contributed by atoms with Crippen molar-refractivity contribution in [3.05, 3.63) is 24.3 Å². The number of imidazole rings is 1. The van der Waals surface area contributed by atoms with Gasteiger partial charge >= 0.3 is 0 Å². The SMILES string of the molecule is CCn1c(SCC(=O)NC2CCCCC2CO)nc2ccccc21. The van der Waals surface area contributed by atoms with E-state index in [9.17, 15) is 9.90 Å². The largest absolute Gasteiger partial charge is 0.396 e. The van der Waals surface area contributed by atoms with Crippen LogP contribution in [0.25, 0.3) is 11.0 Å². The van der Waals surface area contributed by atoms with Gasteiger partial charge in [0.15, 0.2) is 5.16 Å². The average molecular weight is 347 g/mol. The Balaban J connectivity index is 1.62. The number of carbonyl (C=O) groups is 1. The lowest BCUT2D eigenvalue weighted by atomic mass is 9.85. The number of aryl methyl sites for hydroxylation is 1. The lowest BCUT2D eigenvalue weighted by molar-refractivity contribution is -0.120. The fourth-order valence-corrected chi connectivity index (χ4v) is 4.35. The minimum Gasteiger partial charge on any atom is -0.396 e. The van der Waals surface area contributed by atoms with E-state index in [-0.39, 0.29) is 24.5 Å². The highest BCUT2D eigenvalue weighted by molar-refractivity contribution is 7.99. The molecule has 3 rings (SSSR count). The first-order valence-corrected chi connectivity index (χ1v) is 9.69. The maximum Gasteiger partial charge on any atom is 0.230 e. The molecule has 0 spiro atoms. The van der Waals surface area contributed by atoms with E-state index in [1.54, 1.807) is 0 Å². The van der Waals surface area contributed by atoms with Crippen molar-refractivity contribution in [3.63, 3.8) is 0 Å². The summed E-state index contributed by atoms with van der Waals surface area (Å²) in [6.45, 7) is 3.08. The Kier molecular flexibility index (Phi) is 5.79. The minimum atomic E-state index is 0.0278. The van der Waals surface area contributed by atoms with Gasteiger partial charge in [0.25, 0.3) is 0 Å². The molecule has 24 heavy (non-hydrogen) atoms. The summed E-state index contributed by atoms with van der Waals surface area (Å²) in [4.78, 5) is 16.9. The predicted octanol–water partition coefficient (Wildman–Crippen LogP) is 2.82. The first kappa shape index (κ1) is 17.3. The summed E-state index contributed by atoms with van der Waals surface area (Å²) < 4.78 is 2.14. The first-order chi connectivity index (χ1) is 11.7. The molecule has 0 aliphatic heterocycles. The van der Waals surface area contributed by atoms with Crippen molar-refractivity contribution in [1.29, 1.82) is 0 Å². The predicted molar refractivity (Wildman–Crippen MR) is 97.1 cm³/mol. The summed E-state index contributed by atoms with van der Waals surface area (Å²) in [5.74, 6) is 0.589.